The van der Waals surface area contributed by atoms with Gasteiger partial charge in [-0.3, -0.25) is 4.79 Å². The SMILES string of the molecule is Cc1c(Cl)cccc1N=C1NC(=O)C(C(C)C)S1. The number of halogens is 1. The highest BCUT2D eigenvalue weighted by Crippen LogP contribution is 2.30. The van der Waals surface area contributed by atoms with Gasteiger partial charge in [0.15, 0.2) is 5.17 Å². The zero-order chi connectivity index (χ0) is 13.3. The van der Waals surface area contributed by atoms with Crippen molar-refractivity contribution in [2.45, 2.75) is 26.0 Å². The predicted octanol–water partition coefficient (Wildman–Crippen LogP) is 3.52. The van der Waals surface area contributed by atoms with E-state index in [0.717, 1.165) is 11.3 Å². The topological polar surface area (TPSA) is 41.5 Å². The number of amidine groups is 1. The number of carbonyl (C=O) groups is 1. The van der Waals surface area contributed by atoms with Crippen molar-refractivity contribution in [3.63, 3.8) is 0 Å². The maximum atomic E-state index is 11.7. The Labute approximate surface area is 116 Å². The summed E-state index contributed by atoms with van der Waals surface area (Å²) >= 11 is 7.53. The fraction of sp³-hybridized carbons (Fsp3) is 0.385. The first-order valence-electron chi connectivity index (χ1n) is 5.80. The molecule has 2 rings (SSSR count). The molecule has 0 aliphatic carbocycles. The molecule has 1 aromatic carbocycles. The molecule has 1 heterocycles. The summed E-state index contributed by atoms with van der Waals surface area (Å²) in [6, 6.07) is 5.58. The normalized spacial score (nSPS) is 21.7. The lowest BCUT2D eigenvalue weighted by Crippen LogP contribution is -2.27. The zero-order valence-corrected chi connectivity index (χ0v) is 12.1. The lowest BCUT2D eigenvalue weighted by Gasteiger charge is -2.07. The predicted molar refractivity (Wildman–Crippen MR) is 77.6 cm³/mol. The highest BCUT2D eigenvalue weighted by atomic mass is 35.5. The molecule has 3 nitrogen and oxygen atoms in total. The molecule has 1 atom stereocenters. The van der Waals surface area contributed by atoms with E-state index in [-0.39, 0.29) is 11.2 Å². The van der Waals surface area contributed by atoms with Gasteiger partial charge in [-0.1, -0.05) is 43.3 Å². The Bertz CT molecular complexity index is 514. The van der Waals surface area contributed by atoms with Crippen LogP contribution in [0.3, 0.4) is 0 Å². The van der Waals surface area contributed by atoms with E-state index in [2.05, 4.69) is 10.3 Å². The van der Waals surface area contributed by atoms with Gasteiger partial charge < -0.3 is 5.32 Å². The summed E-state index contributed by atoms with van der Waals surface area (Å²) in [4.78, 5) is 16.2. The van der Waals surface area contributed by atoms with Crippen LogP contribution >= 0.6 is 23.4 Å². The molecule has 0 aromatic heterocycles. The van der Waals surface area contributed by atoms with Gasteiger partial charge in [0.1, 0.15) is 0 Å². The minimum Gasteiger partial charge on any atom is -0.304 e. The van der Waals surface area contributed by atoms with E-state index in [1.807, 2.05) is 39.0 Å². The Morgan fingerprint density at radius 3 is 2.78 bits per heavy atom. The maximum Gasteiger partial charge on any atom is 0.239 e. The number of carbonyl (C=O) groups excluding carboxylic acids is 1. The van der Waals surface area contributed by atoms with Gasteiger partial charge in [-0.05, 0) is 30.5 Å². The monoisotopic (exact) mass is 282 g/mol. The Kier molecular flexibility index (Phi) is 3.97. The van der Waals surface area contributed by atoms with Crippen molar-refractivity contribution in [2.75, 3.05) is 0 Å². The van der Waals surface area contributed by atoms with Crippen LogP contribution in [0.4, 0.5) is 5.69 Å². The highest BCUT2D eigenvalue weighted by molar-refractivity contribution is 8.15. The minimum atomic E-state index is -0.0526. The largest absolute Gasteiger partial charge is 0.304 e. The third-order valence-corrected chi connectivity index (χ3v) is 4.63. The van der Waals surface area contributed by atoms with Gasteiger partial charge in [0.2, 0.25) is 5.91 Å². The number of hydrogen-bond acceptors (Lipinski definition) is 3. The standard InChI is InChI=1S/C13H15ClN2OS/c1-7(2)11-12(17)16-13(18-11)15-10-6-4-5-9(14)8(10)3/h4-7,11H,1-3H3,(H,15,16,17). The molecular weight excluding hydrogens is 268 g/mol. The van der Waals surface area contributed by atoms with Crippen LogP contribution in [0, 0.1) is 12.8 Å². The number of benzene rings is 1. The van der Waals surface area contributed by atoms with Crippen LogP contribution in [0.1, 0.15) is 19.4 Å². The van der Waals surface area contributed by atoms with E-state index in [0.29, 0.717) is 16.1 Å². The molecule has 0 saturated carbocycles. The second kappa shape index (κ2) is 5.33. The molecule has 1 saturated heterocycles. The van der Waals surface area contributed by atoms with Crippen molar-refractivity contribution in [3.8, 4) is 0 Å². The summed E-state index contributed by atoms with van der Waals surface area (Å²) in [5.74, 6) is 0.330. The summed E-state index contributed by atoms with van der Waals surface area (Å²) in [6.07, 6.45) is 0. The van der Waals surface area contributed by atoms with Crippen molar-refractivity contribution < 1.29 is 4.79 Å². The fourth-order valence-corrected chi connectivity index (χ4v) is 2.86. The van der Waals surface area contributed by atoms with Crippen molar-refractivity contribution in [2.24, 2.45) is 10.9 Å². The van der Waals surface area contributed by atoms with Crippen molar-refractivity contribution in [1.82, 2.24) is 5.32 Å². The summed E-state index contributed by atoms with van der Waals surface area (Å²) in [7, 11) is 0. The van der Waals surface area contributed by atoms with E-state index in [1.165, 1.54) is 11.8 Å². The van der Waals surface area contributed by atoms with Gasteiger partial charge in [0.25, 0.3) is 0 Å². The van der Waals surface area contributed by atoms with Crippen molar-refractivity contribution in [3.05, 3.63) is 28.8 Å². The first-order valence-corrected chi connectivity index (χ1v) is 7.06. The molecule has 1 aliphatic rings. The first-order chi connectivity index (χ1) is 8.49. The van der Waals surface area contributed by atoms with E-state index in [1.54, 1.807) is 0 Å². The number of nitrogens with one attached hydrogen (secondary N) is 1. The zero-order valence-electron chi connectivity index (χ0n) is 10.5. The van der Waals surface area contributed by atoms with Gasteiger partial charge in [-0.15, -0.1) is 0 Å². The van der Waals surface area contributed by atoms with E-state index >= 15 is 0 Å². The minimum absolute atomic E-state index is 0.0356. The van der Waals surface area contributed by atoms with Crippen LogP contribution in [-0.2, 0) is 4.79 Å². The Balaban J connectivity index is 2.26. The lowest BCUT2D eigenvalue weighted by atomic mass is 10.1. The molecule has 1 amide bonds. The third-order valence-electron chi connectivity index (χ3n) is 2.79. The molecule has 0 radical (unpaired) electrons. The first kappa shape index (κ1) is 13.4. The molecule has 18 heavy (non-hydrogen) atoms. The van der Waals surface area contributed by atoms with E-state index < -0.39 is 0 Å². The second-order valence-electron chi connectivity index (χ2n) is 4.57. The lowest BCUT2D eigenvalue weighted by molar-refractivity contribution is -0.119. The molecule has 1 aliphatic heterocycles. The molecule has 1 aromatic rings. The number of aliphatic imine (C=N–C) groups is 1. The van der Waals surface area contributed by atoms with Gasteiger partial charge in [-0.2, -0.15) is 0 Å². The third kappa shape index (κ3) is 2.70. The molecule has 0 spiro atoms. The molecule has 1 unspecified atom stereocenters. The van der Waals surface area contributed by atoms with Crippen LogP contribution in [0.25, 0.3) is 0 Å². The molecule has 96 valence electrons. The molecule has 5 heteroatoms. The molecular formula is C13H15ClN2OS. The molecule has 0 bridgehead atoms. The fourth-order valence-electron chi connectivity index (χ4n) is 1.70. The quantitative estimate of drug-likeness (QED) is 0.902. The number of amides is 1. The van der Waals surface area contributed by atoms with E-state index in [4.69, 9.17) is 11.6 Å². The summed E-state index contributed by atoms with van der Waals surface area (Å²) in [5.41, 5.74) is 1.73. The summed E-state index contributed by atoms with van der Waals surface area (Å²) in [6.45, 7) is 5.98. The number of hydrogen-bond donors (Lipinski definition) is 1. The number of thioether (sulfide) groups is 1. The Hall–Kier alpha value is -1.000. The van der Waals surface area contributed by atoms with Gasteiger partial charge in [-0.25, -0.2) is 4.99 Å². The molecule has 1 fully saturated rings. The van der Waals surface area contributed by atoms with Crippen molar-refractivity contribution >= 4 is 40.1 Å². The Morgan fingerprint density at radius 1 is 1.44 bits per heavy atom. The van der Waals surface area contributed by atoms with Crippen LogP contribution < -0.4 is 5.32 Å². The number of nitrogens with zero attached hydrogens (tertiary/aromatic N) is 1. The van der Waals surface area contributed by atoms with Gasteiger partial charge in [0.05, 0.1) is 10.9 Å². The number of rotatable bonds is 2. The average molecular weight is 283 g/mol. The van der Waals surface area contributed by atoms with Gasteiger partial charge >= 0.3 is 0 Å². The smallest absolute Gasteiger partial charge is 0.239 e. The van der Waals surface area contributed by atoms with E-state index in [9.17, 15) is 4.79 Å². The second-order valence-corrected chi connectivity index (χ2v) is 6.11. The highest BCUT2D eigenvalue weighted by Gasteiger charge is 2.32. The van der Waals surface area contributed by atoms with Crippen LogP contribution in [-0.4, -0.2) is 16.3 Å². The molecule has 1 N–H and O–H groups in total. The summed E-state index contributed by atoms with van der Waals surface area (Å²) in [5, 5.41) is 4.10. The average Bonchev–Trinajstić information content (AvgIpc) is 2.66. The van der Waals surface area contributed by atoms with Crippen LogP contribution in [0.2, 0.25) is 5.02 Å². The van der Waals surface area contributed by atoms with Gasteiger partial charge in [0, 0.05) is 5.02 Å². The maximum absolute atomic E-state index is 11.7. The van der Waals surface area contributed by atoms with Crippen molar-refractivity contribution in [1.29, 1.82) is 0 Å². The summed E-state index contributed by atoms with van der Waals surface area (Å²) < 4.78 is 0. The Morgan fingerprint density at radius 2 is 2.17 bits per heavy atom. The van der Waals surface area contributed by atoms with Crippen LogP contribution in [0.5, 0.6) is 0 Å². The van der Waals surface area contributed by atoms with Crippen LogP contribution in [0.15, 0.2) is 23.2 Å².